The Morgan fingerprint density at radius 3 is 1.57 bits per heavy atom. The lowest BCUT2D eigenvalue weighted by Crippen LogP contribution is -2.24. The summed E-state index contributed by atoms with van der Waals surface area (Å²) in [5, 5.41) is 3.67. The van der Waals surface area contributed by atoms with Crippen molar-refractivity contribution in [3.63, 3.8) is 0 Å². The van der Waals surface area contributed by atoms with E-state index in [2.05, 4.69) is 99.7 Å². The summed E-state index contributed by atoms with van der Waals surface area (Å²) in [4.78, 5) is 2.82. The Labute approximate surface area is 189 Å². The number of azide groups is 1. The van der Waals surface area contributed by atoms with Crippen molar-refractivity contribution in [1.29, 1.82) is 0 Å². The van der Waals surface area contributed by atoms with Crippen molar-refractivity contribution in [2.24, 2.45) is 26.8 Å². The highest BCUT2D eigenvalue weighted by Gasteiger charge is 2.20. The first-order valence-corrected chi connectivity index (χ1v) is 10.2. The minimum atomic E-state index is -0.353. The van der Waals surface area contributed by atoms with E-state index in [9.17, 15) is 0 Å². The molecule has 5 nitrogen and oxygen atoms in total. The highest BCUT2D eigenvalue weighted by Crippen LogP contribution is 2.25. The minimum Gasteiger partial charge on any atom is -0.377 e. The van der Waals surface area contributed by atoms with Crippen LogP contribution in [0.4, 0.5) is 0 Å². The van der Waals surface area contributed by atoms with Crippen molar-refractivity contribution >= 4 is 0 Å². The van der Waals surface area contributed by atoms with Crippen molar-refractivity contribution in [3.8, 4) is 0 Å². The molecular weight excluding hydrogens is 374 g/mol. The third kappa shape index (κ3) is 27.0. The van der Waals surface area contributed by atoms with Crippen LogP contribution in [0.5, 0.6) is 0 Å². The van der Waals surface area contributed by atoms with E-state index in [1.165, 1.54) is 0 Å². The van der Waals surface area contributed by atoms with Crippen LogP contribution in [-0.4, -0.2) is 26.0 Å². The molecule has 0 fully saturated rings. The highest BCUT2D eigenvalue weighted by atomic mass is 16.5. The second kappa shape index (κ2) is 14.9. The van der Waals surface area contributed by atoms with Gasteiger partial charge in [-0.3, -0.25) is 0 Å². The molecule has 0 aliphatic carbocycles. The zero-order chi connectivity index (χ0) is 22.8. The third-order valence-corrected chi connectivity index (χ3v) is 3.55. The van der Waals surface area contributed by atoms with Crippen molar-refractivity contribution in [2.45, 2.75) is 111 Å². The van der Waals surface area contributed by atoms with E-state index in [1.807, 2.05) is 0 Å². The van der Waals surface area contributed by atoms with E-state index < -0.39 is 0 Å². The Kier molecular flexibility index (Phi) is 18.0. The van der Waals surface area contributed by atoms with Gasteiger partial charge in [-0.05, 0) is 39.2 Å². The topological polar surface area (TPSA) is 67.2 Å². The fourth-order valence-electron chi connectivity index (χ4n) is 1.76. The van der Waals surface area contributed by atoms with Crippen LogP contribution in [0.3, 0.4) is 0 Å². The molecule has 0 amide bonds. The first kappa shape index (κ1) is 36.3. The molecule has 0 saturated carbocycles. The molecule has 0 aliphatic rings. The Morgan fingerprint density at radius 1 is 0.833 bits per heavy atom. The lowest BCUT2D eigenvalue weighted by Gasteiger charge is -2.26. The van der Waals surface area contributed by atoms with E-state index >= 15 is 0 Å². The van der Waals surface area contributed by atoms with Crippen molar-refractivity contribution in [1.82, 2.24) is 0 Å². The molecule has 0 bridgehead atoms. The maximum atomic E-state index is 8.44. The van der Waals surface area contributed by atoms with Gasteiger partial charge in [0.1, 0.15) is 6.23 Å². The Bertz CT molecular complexity index is 494. The van der Waals surface area contributed by atoms with Gasteiger partial charge in [0.05, 0.1) is 19.8 Å². The Hall–Kier alpha value is -1.03. The summed E-state index contributed by atoms with van der Waals surface area (Å²) in [6.07, 6.45) is 0.391. The summed E-state index contributed by atoms with van der Waals surface area (Å²) in [5.41, 5.74) is 10.2. The molecule has 0 aromatic rings. The monoisotopic (exact) mass is 429 g/mol. The van der Waals surface area contributed by atoms with Gasteiger partial charge in [-0.1, -0.05) is 110 Å². The van der Waals surface area contributed by atoms with Gasteiger partial charge < -0.3 is 9.47 Å². The molecule has 1 atom stereocenters. The third-order valence-electron chi connectivity index (χ3n) is 3.55. The van der Waals surface area contributed by atoms with Crippen LogP contribution < -0.4 is 0 Å². The molecule has 182 valence electrons. The fraction of sp³-hybridized carbons (Fsp3) is 0.920. The second-order valence-electron chi connectivity index (χ2n) is 12.2. The van der Waals surface area contributed by atoms with Crippen LogP contribution in [0, 0.1) is 21.7 Å². The summed E-state index contributed by atoms with van der Waals surface area (Å²) in [7, 11) is 0. The molecule has 0 heterocycles. The number of hydrogen-bond acceptors (Lipinski definition) is 3. The number of nitrogens with zero attached hydrogens (tertiary/aromatic N) is 3. The molecule has 0 aliphatic heterocycles. The predicted octanol–water partition coefficient (Wildman–Crippen LogP) is 9.05. The molecule has 0 aromatic heterocycles. The summed E-state index contributed by atoms with van der Waals surface area (Å²) >= 11 is 0. The lowest BCUT2D eigenvalue weighted by atomic mass is 9.88. The molecule has 0 N–H and O–H groups in total. The SMILES string of the molecule is C.C.C=C(COCC(C)(C)C)C(C)(C)C.CC(C)(C)COC(CC(C)(C)C)N=[N+]=[N-]. The highest BCUT2D eigenvalue weighted by molar-refractivity contribution is 5.05. The van der Waals surface area contributed by atoms with Gasteiger partial charge >= 0.3 is 0 Å². The molecule has 0 radical (unpaired) electrons. The molecular formula is C25H55N3O2. The van der Waals surface area contributed by atoms with Gasteiger partial charge in [0.25, 0.3) is 0 Å². The first-order chi connectivity index (χ1) is 12.3. The Morgan fingerprint density at radius 2 is 1.27 bits per heavy atom. The summed E-state index contributed by atoms with van der Waals surface area (Å²) < 4.78 is 11.2. The summed E-state index contributed by atoms with van der Waals surface area (Å²) in [5.74, 6) is 0. The van der Waals surface area contributed by atoms with E-state index in [-0.39, 0.29) is 42.7 Å². The van der Waals surface area contributed by atoms with Gasteiger partial charge in [0.2, 0.25) is 0 Å². The summed E-state index contributed by atoms with van der Waals surface area (Å²) in [6, 6.07) is 0. The maximum Gasteiger partial charge on any atom is 0.137 e. The predicted molar refractivity (Wildman–Crippen MR) is 135 cm³/mol. The van der Waals surface area contributed by atoms with Crippen LogP contribution in [0.1, 0.15) is 104 Å². The van der Waals surface area contributed by atoms with Gasteiger partial charge in [0, 0.05) is 4.91 Å². The summed E-state index contributed by atoms with van der Waals surface area (Å²) in [6.45, 7) is 31.7. The molecule has 0 aromatic carbocycles. The van der Waals surface area contributed by atoms with Crippen molar-refractivity contribution in [2.75, 3.05) is 19.8 Å². The largest absolute Gasteiger partial charge is 0.377 e. The van der Waals surface area contributed by atoms with Crippen molar-refractivity contribution < 1.29 is 9.47 Å². The average molecular weight is 430 g/mol. The van der Waals surface area contributed by atoms with E-state index in [1.54, 1.807) is 0 Å². The van der Waals surface area contributed by atoms with Gasteiger partial charge in [-0.2, -0.15) is 0 Å². The molecule has 0 spiro atoms. The minimum absolute atomic E-state index is 0. The van der Waals surface area contributed by atoms with Gasteiger partial charge in [-0.15, -0.1) is 0 Å². The van der Waals surface area contributed by atoms with E-state index in [4.69, 9.17) is 15.0 Å². The lowest BCUT2D eigenvalue weighted by molar-refractivity contribution is -0.00727. The van der Waals surface area contributed by atoms with Gasteiger partial charge in [-0.25, -0.2) is 0 Å². The van der Waals surface area contributed by atoms with Crippen LogP contribution in [0.15, 0.2) is 17.3 Å². The standard InChI is InChI=1S/C12H24O.C11H23N3O.2CH4/c1-10(12(5,6)7)8-13-9-11(2,3)4;1-10(2,3)7-9(13-14-12)15-8-11(4,5)6;;/h1,8-9H2,2-7H3;9H,7-8H2,1-6H3;2*1H4. The normalized spacial score (nSPS) is 12.9. The van der Waals surface area contributed by atoms with Gasteiger partial charge in [0.15, 0.2) is 0 Å². The van der Waals surface area contributed by atoms with Crippen LogP contribution in [0.2, 0.25) is 0 Å². The van der Waals surface area contributed by atoms with E-state index in [0.717, 1.165) is 18.6 Å². The molecule has 30 heavy (non-hydrogen) atoms. The number of rotatable bonds is 7. The van der Waals surface area contributed by atoms with Crippen LogP contribution in [-0.2, 0) is 9.47 Å². The smallest absolute Gasteiger partial charge is 0.137 e. The second-order valence-corrected chi connectivity index (χ2v) is 12.2. The quantitative estimate of drug-likeness (QED) is 0.175. The zero-order valence-electron chi connectivity index (χ0n) is 20.8. The van der Waals surface area contributed by atoms with Crippen molar-refractivity contribution in [3.05, 3.63) is 22.6 Å². The van der Waals surface area contributed by atoms with E-state index in [0.29, 0.717) is 13.2 Å². The first-order valence-electron chi connectivity index (χ1n) is 10.2. The number of ether oxygens (including phenoxy) is 2. The maximum absolute atomic E-state index is 8.44. The van der Waals surface area contributed by atoms with Crippen LogP contribution >= 0.6 is 0 Å². The molecule has 0 saturated heterocycles. The fourth-order valence-corrected chi connectivity index (χ4v) is 1.76. The Balaban J connectivity index is -0.000000213. The molecule has 0 rings (SSSR count). The van der Waals surface area contributed by atoms with Crippen LogP contribution in [0.25, 0.3) is 10.4 Å². The molecule has 1 unspecified atom stereocenters. The molecule has 5 heteroatoms. The average Bonchev–Trinajstić information content (AvgIpc) is 2.41. The zero-order valence-corrected chi connectivity index (χ0v) is 20.8. The number of hydrogen-bond donors (Lipinski definition) is 0.